The van der Waals surface area contributed by atoms with Gasteiger partial charge in [0.2, 0.25) is 0 Å². The van der Waals surface area contributed by atoms with Crippen molar-refractivity contribution < 1.29 is 10.2 Å². The van der Waals surface area contributed by atoms with E-state index in [0.717, 1.165) is 50.4 Å². The molecule has 0 radical (unpaired) electrons. The molecule has 0 atom stereocenters. The van der Waals surface area contributed by atoms with Gasteiger partial charge in [-0.25, -0.2) is 0 Å². The highest BCUT2D eigenvalue weighted by Gasteiger charge is 2.19. The van der Waals surface area contributed by atoms with Crippen LogP contribution in [0.2, 0.25) is 0 Å². The topological polar surface area (TPSA) is 89.2 Å². The average molecular weight is 311 g/mol. The highest BCUT2D eigenvalue weighted by Crippen LogP contribution is 2.30. The molecule has 0 amide bonds. The highest BCUT2D eigenvalue weighted by molar-refractivity contribution is 4.77. The van der Waals surface area contributed by atoms with Gasteiger partial charge in [-0.3, -0.25) is 0 Å². The smallest absolute Gasteiger partial charge is 0.0433 e. The summed E-state index contributed by atoms with van der Waals surface area (Å²) in [7, 11) is 0. The average Bonchev–Trinajstić information content (AvgIpc) is 2.53. The molecule has 2 aliphatic carbocycles. The van der Waals surface area contributed by atoms with Crippen LogP contribution in [0.25, 0.3) is 10.4 Å². The van der Waals surface area contributed by atoms with Crippen molar-refractivity contribution in [1.29, 1.82) is 0 Å². The summed E-state index contributed by atoms with van der Waals surface area (Å²) in [5.41, 5.74) is 8.21. The second kappa shape index (κ2) is 11.8. The summed E-state index contributed by atoms with van der Waals surface area (Å²) in [6.07, 6.45) is 11.6. The van der Waals surface area contributed by atoms with Crippen molar-refractivity contribution in [2.45, 2.75) is 77.2 Å². The van der Waals surface area contributed by atoms with Gasteiger partial charge in [-0.1, -0.05) is 37.7 Å². The van der Waals surface area contributed by atoms with E-state index < -0.39 is 0 Å². The Hall–Kier alpha value is -0.770. The van der Waals surface area contributed by atoms with E-state index in [-0.39, 0.29) is 12.6 Å². The maximum Gasteiger partial charge on any atom is 0.0433 e. The molecule has 0 unspecified atom stereocenters. The van der Waals surface area contributed by atoms with Gasteiger partial charge >= 0.3 is 0 Å². The van der Waals surface area contributed by atoms with E-state index in [9.17, 15) is 0 Å². The minimum absolute atomic E-state index is 0.213. The second-order valence-electron chi connectivity index (χ2n) is 7.03. The van der Waals surface area contributed by atoms with E-state index in [2.05, 4.69) is 16.9 Å². The Bertz CT molecular complexity index is 316. The highest BCUT2D eigenvalue weighted by atomic mass is 16.3. The van der Waals surface area contributed by atoms with Crippen LogP contribution in [0.4, 0.5) is 0 Å². The van der Waals surface area contributed by atoms with E-state index in [1.54, 1.807) is 0 Å². The SMILES string of the molecule is CC1CCC(CCO)CC1.[N-]=[N+]=NC1CCC(CCO)CC1. The molecule has 0 heterocycles. The Morgan fingerprint density at radius 3 is 1.73 bits per heavy atom. The first-order chi connectivity index (χ1) is 10.7. The third-order valence-electron chi connectivity index (χ3n) is 5.24. The Kier molecular flexibility index (Phi) is 10.3. The molecule has 0 aromatic carbocycles. The Labute approximate surface area is 134 Å². The maximum atomic E-state index is 8.71. The molecule has 0 aliphatic heterocycles. The largest absolute Gasteiger partial charge is 0.396 e. The third-order valence-corrected chi connectivity index (χ3v) is 5.24. The quantitative estimate of drug-likeness (QED) is 0.446. The molecule has 2 saturated carbocycles. The molecule has 0 spiro atoms. The maximum absolute atomic E-state index is 8.71. The molecular formula is C17H33N3O2. The van der Waals surface area contributed by atoms with Crippen molar-refractivity contribution in [3.05, 3.63) is 10.4 Å². The lowest BCUT2D eigenvalue weighted by Crippen LogP contribution is -2.17. The van der Waals surface area contributed by atoms with Crippen LogP contribution >= 0.6 is 0 Å². The van der Waals surface area contributed by atoms with Crippen LogP contribution in [0, 0.1) is 17.8 Å². The molecule has 0 aromatic rings. The van der Waals surface area contributed by atoms with Crippen LogP contribution in [-0.2, 0) is 0 Å². The first-order valence-electron chi connectivity index (χ1n) is 8.95. The minimum atomic E-state index is 0.213. The lowest BCUT2D eigenvalue weighted by atomic mass is 9.82. The summed E-state index contributed by atoms with van der Waals surface area (Å²) in [5, 5.41) is 21.1. The van der Waals surface area contributed by atoms with Gasteiger partial charge < -0.3 is 10.2 Å². The zero-order valence-electron chi connectivity index (χ0n) is 14.0. The monoisotopic (exact) mass is 311 g/mol. The molecule has 0 saturated heterocycles. The van der Waals surface area contributed by atoms with Gasteiger partial charge in [0.25, 0.3) is 0 Å². The molecule has 5 heteroatoms. The van der Waals surface area contributed by atoms with Crippen molar-refractivity contribution in [3.8, 4) is 0 Å². The van der Waals surface area contributed by atoms with E-state index in [1.165, 1.54) is 25.7 Å². The molecule has 2 rings (SSSR count). The molecule has 22 heavy (non-hydrogen) atoms. The number of aliphatic hydroxyl groups excluding tert-OH is 2. The molecule has 2 aliphatic rings. The van der Waals surface area contributed by atoms with Gasteiger partial charge in [0, 0.05) is 24.2 Å². The number of aliphatic hydroxyl groups is 2. The summed E-state index contributed by atoms with van der Waals surface area (Å²) in [6.45, 7) is 3.01. The number of hydrogen-bond donors (Lipinski definition) is 2. The van der Waals surface area contributed by atoms with Gasteiger partial charge in [-0.2, -0.15) is 0 Å². The predicted octanol–water partition coefficient (Wildman–Crippen LogP) is 4.43. The molecule has 128 valence electrons. The molecule has 0 aromatic heterocycles. The van der Waals surface area contributed by atoms with Gasteiger partial charge in [-0.15, -0.1) is 0 Å². The van der Waals surface area contributed by atoms with Crippen LogP contribution in [0.5, 0.6) is 0 Å². The molecular weight excluding hydrogens is 278 g/mol. The standard InChI is InChI=1S/C9H18O.C8H15N3O/c1-8-2-4-9(5-3-8)6-7-10;9-11-10-8-3-1-7(2-4-8)5-6-12/h8-10H,2-7H2,1H3;7-8,12H,1-6H2. The summed E-state index contributed by atoms with van der Waals surface area (Å²) in [4.78, 5) is 2.81. The van der Waals surface area contributed by atoms with E-state index in [4.69, 9.17) is 15.7 Å². The van der Waals surface area contributed by atoms with Gasteiger partial charge in [0.15, 0.2) is 0 Å². The zero-order chi connectivity index (χ0) is 16.2. The molecule has 5 nitrogen and oxygen atoms in total. The van der Waals surface area contributed by atoms with Crippen LogP contribution in [0.1, 0.15) is 71.1 Å². The van der Waals surface area contributed by atoms with E-state index in [0.29, 0.717) is 12.5 Å². The predicted molar refractivity (Wildman–Crippen MR) is 89.4 cm³/mol. The summed E-state index contributed by atoms with van der Waals surface area (Å²) in [6, 6.07) is 0.213. The van der Waals surface area contributed by atoms with Gasteiger partial charge in [0.05, 0.1) is 0 Å². The number of rotatable bonds is 5. The number of azide groups is 1. The number of nitrogens with zero attached hydrogens (tertiary/aromatic N) is 3. The van der Waals surface area contributed by atoms with Crippen molar-refractivity contribution in [3.63, 3.8) is 0 Å². The normalized spacial score (nSPS) is 31.6. The van der Waals surface area contributed by atoms with Gasteiger partial charge in [0.1, 0.15) is 0 Å². The Morgan fingerprint density at radius 1 is 0.864 bits per heavy atom. The summed E-state index contributed by atoms with van der Waals surface area (Å²) in [5.74, 6) is 2.43. The first kappa shape index (κ1) is 19.3. The third kappa shape index (κ3) is 8.02. The zero-order valence-corrected chi connectivity index (χ0v) is 14.0. The Morgan fingerprint density at radius 2 is 1.32 bits per heavy atom. The summed E-state index contributed by atoms with van der Waals surface area (Å²) >= 11 is 0. The molecule has 2 N–H and O–H groups in total. The van der Waals surface area contributed by atoms with Gasteiger partial charge in [-0.05, 0) is 61.8 Å². The number of hydrogen-bond acceptors (Lipinski definition) is 3. The first-order valence-corrected chi connectivity index (χ1v) is 8.95. The fourth-order valence-electron chi connectivity index (χ4n) is 3.60. The Balaban J connectivity index is 0.000000224. The molecule has 2 fully saturated rings. The fraction of sp³-hybridized carbons (Fsp3) is 1.00. The van der Waals surface area contributed by atoms with E-state index in [1.807, 2.05) is 0 Å². The van der Waals surface area contributed by atoms with Crippen LogP contribution < -0.4 is 0 Å². The van der Waals surface area contributed by atoms with Crippen molar-refractivity contribution >= 4 is 0 Å². The van der Waals surface area contributed by atoms with Crippen molar-refractivity contribution in [2.75, 3.05) is 13.2 Å². The van der Waals surface area contributed by atoms with Crippen molar-refractivity contribution in [2.24, 2.45) is 22.9 Å². The molecule has 0 bridgehead atoms. The van der Waals surface area contributed by atoms with Crippen LogP contribution in [-0.4, -0.2) is 29.5 Å². The van der Waals surface area contributed by atoms with Crippen LogP contribution in [0.15, 0.2) is 5.11 Å². The van der Waals surface area contributed by atoms with Crippen LogP contribution in [0.3, 0.4) is 0 Å². The van der Waals surface area contributed by atoms with Crippen molar-refractivity contribution in [1.82, 2.24) is 0 Å². The minimum Gasteiger partial charge on any atom is -0.396 e. The van der Waals surface area contributed by atoms with E-state index >= 15 is 0 Å². The lowest BCUT2D eigenvalue weighted by molar-refractivity contribution is 0.211. The summed E-state index contributed by atoms with van der Waals surface area (Å²) < 4.78 is 0. The lowest BCUT2D eigenvalue weighted by Gasteiger charge is -2.25. The fourth-order valence-corrected chi connectivity index (χ4v) is 3.60. The second-order valence-corrected chi connectivity index (χ2v) is 7.03.